The monoisotopic (exact) mass is 542 g/mol. The Kier molecular flexibility index (Phi) is 31.1. The summed E-state index contributed by atoms with van der Waals surface area (Å²) < 4.78 is 21.3. The lowest BCUT2D eigenvalue weighted by atomic mass is 10.1. The highest BCUT2D eigenvalue weighted by molar-refractivity contribution is 5.69. The standard InChI is InChI=1S/C32H62O6/c1-3-5-7-9-11-13-15-17-19-21-23-31(33)37-29-27-35-25-26-36-28-30-38-32(34)24-22-20-18-16-14-12-10-8-6-4-2/h3-30H2,1-2H3. The molecule has 38 heavy (non-hydrogen) atoms. The van der Waals surface area contributed by atoms with Gasteiger partial charge in [0.15, 0.2) is 0 Å². The predicted octanol–water partition coefficient (Wildman–Crippen LogP) is 8.73. The van der Waals surface area contributed by atoms with E-state index in [1.807, 2.05) is 0 Å². The van der Waals surface area contributed by atoms with Gasteiger partial charge < -0.3 is 18.9 Å². The van der Waals surface area contributed by atoms with E-state index in [0.717, 1.165) is 25.7 Å². The van der Waals surface area contributed by atoms with Crippen LogP contribution in [0.15, 0.2) is 0 Å². The first-order valence-corrected chi connectivity index (χ1v) is 16.2. The molecule has 6 heteroatoms. The van der Waals surface area contributed by atoms with Crippen molar-refractivity contribution in [1.82, 2.24) is 0 Å². The summed E-state index contributed by atoms with van der Waals surface area (Å²) in [5, 5.41) is 0. The molecule has 0 heterocycles. The fraction of sp³-hybridized carbons (Fsp3) is 0.938. The minimum atomic E-state index is -0.135. The van der Waals surface area contributed by atoms with Crippen molar-refractivity contribution >= 4 is 11.9 Å². The Morgan fingerprint density at radius 3 is 0.947 bits per heavy atom. The topological polar surface area (TPSA) is 71.1 Å². The van der Waals surface area contributed by atoms with Gasteiger partial charge in [-0.15, -0.1) is 0 Å². The lowest BCUT2D eigenvalue weighted by molar-refractivity contribution is -0.147. The molecule has 0 saturated heterocycles. The molecule has 0 rings (SSSR count). The lowest BCUT2D eigenvalue weighted by Gasteiger charge is -2.08. The zero-order valence-corrected chi connectivity index (χ0v) is 25.2. The third-order valence-electron chi connectivity index (χ3n) is 6.82. The van der Waals surface area contributed by atoms with Crippen LogP contribution in [-0.2, 0) is 28.5 Å². The Morgan fingerprint density at radius 1 is 0.368 bits per heavy atom. The number of unbranched alkanes of at least 4 members (excludes halogenated alkanes) is 18. The van der Waals surface area contributed by atoms with Crippen LogP contribution in [-0.4, -0.2) is 51.6 Å². The Bertz CT molecular complexity index is 452. The fourth-order valence-corrected chi connectivity index (χ4v) is 4.41. The van der Waals surface area contributed by atoms with Crippen LogP contribution in [0.4, 0.5) is 0 Å². The van der Waals surface area contributed by atoms with Crippen LogP contribution in [0.5, 0.6) is 0 Å². The van der Waals surface area contributed by atoms with Crippen molar-refractivity contribution in [2.45, 2.75) is 155 Å². The van der Waals surface area contributed by atoms with Gasteiger partial charge in [0, 0.05) is 12.8 Å². The summed E-state index contributed by atoms with van der Waals surface area (Å²) >= 11 is 0. The maximum absolute atomic E-state index is 11.8. The van der Waals surface area contributed by atoms with E-state index in [4.69, 9.17) is 18.9 Å². The molecule has 0 bridgehead atoms. The average molecular weight is 543 g/mol. The van der Waals surface area contributed by atoms with Crippen molar-refractivity contribution in [2.75, 3.05) is 39.6 Å². The summed E-state index contributed by atoms with van der Waals surface area (Å²) in [6.45, 7) is 6.68. The van der Waals surface area contributed by atoms with Crippen LogP contribution in [0.3, 0.4) is 0 Å². The van der Waals surface area contributed by atoms with Crippen LogP contribution in [0.2, 0.25) is 0 Å². The van der Waals surface area contributed by atoms with E-state index >= 15 is 0 Å². The molecule has 0 saturated carbocycles. The zero-order chi connectivity index (χ0) is 27.8. The van der Waals surface area contributed by atoms with Gasteiger partial charge in [-0.05, 0) is 12.8 Å². The number of carbonyl (C=O) groups excluding carboxylic acids is 2. The summed E-state index contributed by atoms with van der Waals surface area (Å²) in [6, 6.07) is 0. The second-order valence-corrected chi connectivity index (χ2v) is 10.5. The van der Waals surface area contributed by atoms with Crippen LogP contribution in [0, 0.1) is 0 Å². The molecular weight excluding hydrogens is 480 g/mol. The van der Waals surface area contributed by atoms with E-state index in [2.05, 4.69) is 13.8 Å². The second kappa shape index (κ2) is 32.1. The molecule has 0 spiro atoms. The summed E-state index contributed by atoms with van der Waals surface area (Å²) in [5.41, 5.74) is 0. The molecule has 226 valence electrons. The first-order chi connectivity index (χ1) is 18.7. The number of hydrogen-bond acceptors (Lipinski definition) is 6. The molecule has 0 aromatic carbocycles. The number of carbonyl (C=O) groups is 2. The minimum absolute atomic E-state index is 0.135. The molecule has 0 radical (unpaired) electrons. The average Bonchev–Trinajstić information content (AvgIpc) is 2.91. The second-order valence-electron chi connectivity index (χ2n) is 10.5. The van der Waals surface area contributed by atoms with Crippen molar-refractivity contribution < 1.29 is 28.5 Å². The smallest absolute Gasteiger partial charge is 0.305 e. The molecule has 0 N–H and O–H groups in total. The third-order valence-corrected chi connectivity index (χ3v) is 6.82. The molecule has 0 aliphatic carbocycles. The molecule has 0 unspecified atom stereocenters. The van der Waals surface area contributed by atoms with Crippen molar-refractivity contribution in [3.05, 3.63) is 0 Å². The van der Waals surface area contributed by atoms with Gasteiger partial charge in [0.25, 0.3) is 0 Å². The van der Waals surface area contributed by atoms with Crippen molar-refractivity contribution in [1.29, 1.82) is 0 Å². The molecule has 0 aliphatic rings. The van der Waals surface area contributed by atoms with Gasteiger partial charge >= 0.3 is 11.9 Å². The van der Waals surface area contributed by atoms with Gasteiger partial charge in [-0.2, -0.15) is 0 Å². The highest BCUT2D eigenvalue weighted by Crippen LogP contribution is 2.12. The van der Waals surface area contributed by atoms with Gasteiger partial charge in [0.1, 0.15) is 13.2 Å². The van der Waals surface area contributed by atoms with E-state index in [-0.39, 0.29) is 25.2 Å². The van der Waals surface area contributed by atoms with Crippen LogP contribution in [0.25, 0.3) is 0 Å². The van der Waals surface area contributed by atoms with Crippen molar-refractivity contribution in [2.24, 2.45) is 0 Å². The van der Waals surface area contributed by atoms with Crippen LogP contribution < -0.4 is 0 Å². The fourth-order valence-electron chi connectivity index (χ4n) is 4.41. The van der Waals surface area contributed by atoms with E-state index in [0.29, 0.717) is 39.3 Å². The summed E-state index contributed by atoms with van der Waals surface area (Å²) in [7, 11) is 0. The third kappa shape index (κ3) is 31.1. The first kappa shape index (κ1) is 36.9. The van der Waals surface area contributed by atoms with E-state index in [9.17, 15) is 9.59 Å². The van der Waals surface area contributed by atoms with Crippen molar-refractivity contribution in [3.8, 4) is 0 Å². The Hall–Kier alpha value is -1.14. The van der Waals surface area contributed by atoms with Crippen LogP contribution >= 0.6 is 0 Å². The maximum Gasteiger partial charge on any atom is 0.305 e. The highest BCUT2D eigenvalue weighted by Gasteiger charge is 2.04. The quantitative estimate of drug-likeness (QED) is 0.0644. The van der Waals surface area contributed by atoms with E-state index in [1.165, 1.54) is 103 Å². The SMILES string of the molecule is CCCCCCCCCCCCC(=O)OCCOCCOCCOC(=O)CCCCCCCCCCCC. The summed E-state index contributed by atoms with van der Waals surface area (Å²) in [6.07, 6.45) is 26.1. The van der Waals surface area contributed by atoms with Crippen molar-refractivity contribution in [3.63, 3.8) is 0 Å². The molecule has 0 aliphatic heterocycles. The van der Waals surface area contributed by atoms with E-state index in [1.54, 1.807) is 0 Å². The van der Waals surface area contributed by atoms with Gasteiger partial charge in [0.05, 0.1) is 26.4 Å². The molecule has 0 atom stereocenters. The number of hydrogen-bond donors (Lipinski definition) is 0. The van der Waals surface area contributed by atoms with Crippen LogP contribution in [0.1, 0.15) is 155 Å². The summed E-state index contributed by atoms with van der Waals surface area (Å²) in [5.74, 6) is -0.270. The Morgan fingerprint density at radius 2 is 0.632 bits per heavy atom. The molecule has 0 aromatic rings. The zero-order valence-electron chi connectivity index (χ0n) is 25.2. The normalized spacial score (nSPS) is 11.1. The van der Waals surface area contributed by atoms with Gasteiger partial charge in [-0.1, -0.05) is 129 Å². The molecular formula is C32H62O6. The van der Waals surface area contributed by atoms with E-state index < -0.39 is 0 Å². The number of ether oxygens (including phenoxy) is 4. The number of esters is 2. The molecule has 0 amide bonds. The Balaban J connectivity index is 3.24. The highest BCUT2D eigenvalue weighted by atomic mass is 16.6. The van der Waals surface area contributed by atoms with Gasteiger partial charge in [-0.25, -0.2) is 0 Å². The largest absolute Gasteiger partial charge is 0.463 e. The first-order valence-electron chi connectivity index (χ1n) is 16.2. The minimum Gasteiger partial charge on any atom is -0.463 e. The van der Waals surface area contributed by atoms with Gasteiger partial charge in [-0.3, -0.25) is 9.59 Å². The molecule has 0 aromatic heterocycles. The maximum atomic E-state index is 11.8. The molecule has 6 nitrogen and oxygen atoms in total. The predicted molar refractivity (Wildman–Crippen MR) is 156 cm³/mol. The summed E-state index contributed by atoms with van der Waals surface area (Å²) in [4.78, 5) is 23.5. The Labute approximate surface area is 235 Å². The number of rotatable bonds is 31. The van der Waals surface area contributed by atoms with Gasteiger partial charge in [0.2, 0.25) is 0 Å². The lowest BCUT2D eigenvalue weighted by Crippen LogP contribution is -2.15. The molecule has 0 fully saturated rings.